The number of hydrogen-bond acceptors (Lipinski definition) is 4. The minimum Gasteiger partial charge on any atom is -0.449 e. The number of pyridine rings is 1. The molecule has 0 bridgehead atoms. The van der Waals surface area contributed by atoms with Crippen LogP contribution < -0.4 is 0 Å². The maximum atomic E-state index is 12.5. The largest absolute Gasteiger partial charge is 0.449 e. The molecule has 0 N–H and O–H groups in total. The number of hydrogen-bond donors (Lipinski definition) is 0. The van der Waals surface area contributed by atoms with Gasteiger partial charge in [-0.1, -0.05) is 19.4 Å². The zero-order valence-corrected chi connectivity index (χ0v) is 13.7. The Balaban J connectivity index is 1.77. The summed E-state index contributed by atoms with van der Waals surface area (Å²) >= 11 is 0. The Morgan fingerprint density at radius 3 is 2.50 bits per heavy atom. The van der Waals surface area contributed by atoms with E-state index in [0.29, 0.717) is 39.3 Å². The van der Waals surface area contributed by atoms with Crippen LogP contribution >= 0.6 is 0 Å². The number of rotatable bonds is 5. The molecule has 134 valence electrons. The topological polar surface area (TPSA) is 45.7 Å². The third-order valence-electron chi connectivity index (χ3n) is 3.88. The highest BCUT2D eigenvalue weighted by atomic mass is 19.4. The molecule has 5 nitrogen and oxygen atoms in total. The number of aromatic nitrogens is 1. The molecule has 0 aliphatic carbocycles. The molecular weight excluding hydrogens is 323 g/mol. The molecule has 0 radical (unpaired) electrons. The Bertz CT molecular complexity index is 526. The first-order chi connectivity index (χ1) is 11.4. The molecule has 1 fully saturated rings. The summed E-state index contributed by atoms with van der Waals surface area (Å²) in [5.74, 6) is 0. The van der Waals surface area contributed by atoms with Crippen LogP contribution in [0.3, 0.4) is 0 Å². The lowest BCUT2D eigenvalue weighted by molar-refractivity contribution is -0.141. The van der Waals surface area contributed by atoms with E-state index in [1.807, 2.05) is 6.92 Å². The molecule has 0 atom stereocenters. The summed E-state index contributed by atoms with van der Waals surface area (Å²) in [5.41, 5.74) is -0.159. The van der Waals surface area contributed by atoms with Crippen molar-refractivity contribution >= 4 is 6.09 Å². The number of unbranched alkanes of at least 4 members (excludes halogenated alkanes) is 1. The molecule has 0 aromatic carbocycles. The van der Waals surface area contributed by atoms with Gasteiger partial charge in [0.15, 0.2) is 0 Å². The second kappa shape index (κ2) is 8.32. The number of carbonyl (C=O) groups is 1. The molecule has 1 amide bonds. The van der Waals surface area contributed by atoms with Crippen LogP contribution in [0.15, 0.2) is 18.3 Å². The van der Waals surface area contributed by atoms with Crippen LogP contribution in [0.25, 0.3) is 0 Å². The number of alkyl halides is 3. The van der Waals surface area contributed by atoms with Gasteiger partial charge in [0.05, 0.1) is 6.61 Å². The van der Waals surface area contributed by atoms with Gasteiger partial charge in [0.2, 0.25) is 0 Å². The van der Waals surface area contributed by atoms with Crippen LogP contribution in [0.4, 0.5) is 18.0 Å². The van der Waals surface area contributed by atoms with Crippen LogP contribution in [0.2, 0.25) is 0 Å². The summed E-state index contributed by atoms with van der Waals surface area (Å²) in [5, 5.41) is 0. The van der Waals surface area contributed by atoms with Gasteiger partial charge < -0.3 is 9.64 Å². The summed E-state index contributed by atoms with van der Waals surface area (Å²) in [6.07, 6.45) is -1.62. The van der Waals surface area contributed by atoms with E-state index in [9.17, 15) is 18.0 Å². The smallest absolute Gasteiger partial charge is 0.433 e. The van der Waals surface area contributed by atoms with Gasteiger partial charge in [-0.25, -0.2) is 4.79 Å². The minimum absolute atomic E-state index is 0.292. The van der Waals surface area contributed by atoms with Crippen molar-refractivity contribution in [1.29, 1.82) is 0 Å². The van der Waals surface area contributed by atoms with Crippen molar-refractivity contribution in [3.8, 4) is 0 Å². The second-order valence-corrected chi connectivity index (χ2v) is 5.78. The molecule has 1 aromatic rings. The lowest BCUT2D eigenvalue weighted by Gasteiger charge is -2.34. The first-order valence-corrected chi connectivity index (χ1v) is 8.06. The van der Waals surface area contributed by atoms with Gasteiger partial charge >= 0.3 is 12.3 Å². The summed E-state index contributed by atoms with van der Waals surface area (Å²) in [4.78, 5) is 19.0. The maximum Gasteiger partial charge on any atom is 0.433 e. The standard InChI is InChI=1S/C16H22F3N3O2/c1-2-3-10-24-15(23)22-8-6-21(7-9-22)12-13-4-5-14(20-11-13)16(17,18)19/h4-5,11H,2-3,6-10,12H2,1H3. The van der Waals surface area contributed by atoms with Crippen LogP contribution in [-0.4, -0.2) is 53.7 Å². The highest BCUT2D eigenvalue weighted by Gasteiger charge is 2.32. The van der Waals surface area contributed by atoms with E-state index >= 15 is 0 Å². The van der Waals surface area contributed by atoms with Crippen LogP contribution in [0.5, 0.6) is 0 Å². The number of piperazine rings is 1. The molecule has 0 saturated carbocycles. The first kappa shape index (κ1) is 18.5. The molecule has 1 aliphatic heterocycles. The SMILES string of the molecule is CCCCOC(=O)N1CCN(Cc2ccc(C(F)(F)F)nc2)CC1. The van der Waals surface area contributed by atoms with Crippen molar-refractivity contribution in [2.75, 3.05) is 32.8 Å². The zero-order chi connectivity index (χ0) is 17.6. The molecule has 2 rings (SSSR count). The number of nitrogens with zero attached hydrogens (tertiary/aromatic N) is 3. The molecule has 8 heteroatoms. The van der Waals surface area contributed by atoms with Crippen LogP contribution in [-0.2, 0) is 17.5 Å². The van der Waals surface area contributed by atoms with Gasteiger partial charge in [-0.15, -0.1) is 0 Å². The Hall–Kier alpha value is -1.83. The predicted octanol–water partition coefficient (Wildman–Crippen LogP) is 3.15. The number of ether oxygens (including phenoxy) is 1. The van der Waals surface area contributed by atoms with E-state index in [0.717, 1.165) is 24.5 Å². The first-order valence-electron chi connectivity index (χ1n) is 8.06. The van der Waals surface area contributed by atoms with Crippen molar-refractivity contribution in [2.24, 2.45) is 0 Å². The molecular formula is C16H22F3N3O2. The van der Waals surface area contributed by atoms with Gasteiger partial charge in [-0.05, 0) is 18.1 Å². The lowest BCUT2D eigenvalue weighted by Crippen LogP contribution is -2.48. The maximum absolute atomic E-state index is 12.5. The summed E-state index contributed by atoms with van der Waals surface area (Å²) < 4.78 is 42.6. The average Bonchev–Trinajstić information content (AvgIpc) is 2.55. The normalized spacial score (nSPS) is 16.2. The van der Waals surface area contributed by atoms with E-state index in [1.54, 1.807) is 4.90 Å². The van der Waals surface area contributed by atoms with Crippen molar-refractivity contribution in [3.05, 3.63) is 29.6 Å². The number of halogens is 3. The lowest BCUT2D eigenvalue weighted by atomic mass is 10.2. The molecule has 24 heavy (non-hydrogen) atoms. The average molecular weight is 345 g/mol. The van der Waals surface area contributed by atoms with E-state index in [2.05, 4.69) is 9.88 Å². The van der Waals surface area contributed by atoms with Gasteiger partial charge in [0.25, 0.3) is 0 Å². The Labute approximate surface area is 139 Å². The summed E-state index contributed by atoms with van der Waals surface area (Å²) in [7, 11) is 0. The van der Waals surface area contributed by atoms with E-state index in [-0.39, 0.29) is 6.09 Å². The van der Waals surface area contributed by atoms with E-state index in [1.165, 1.54) is 12.3 Å². The van der Waals surface area contributed by atoms with Crippen molar-refractivity contribution in [2.45, 2.75) is 32.5 Å². The third-order valence-corrected chi connectivity index (χ3v) is 3.88. The van der Waals surface area contributed by atoms with Crippen molar-refractivity contribution in [3.63, 3.8) is 0 Å². The molecule has 0 unspecified atom stereocenters. The summed E-state index contributed by atoms with van der Waals surface area (Å²) in [6.45, 7) is 5.41. The molecule has 0 spiro atoms. The van der Waals surface area contributed by atoms with Gasteiger partial charge in [0, 0.05) is 38.9 Å². The Morgan fingerprint density at radius 1 is 1.25 bits per heavy atom. The van der Waals surface area contributed by atoms with Crippen molar-refractivity contribution < 1.29 is 22.7 Å². The molecule has 2 heterocycles. The highest BCUT2D eigenvalue weighted by molar-refractivity contribution is 5.67. The fourth-order valence-electron chi connectivity index (χ4n) is 2.43. The Kier molecular flexibility index (Phi) is 6.42. The van der Waals surface area contributed by atoms with Gasteiger partial charge in [-0.2, -0.15) is 13.2 Å². The van der Waals surface area contributed by atoms with Crippen molar-refractivity contribution in [1.82, 2.24) is 14.8 Å². The highest BCUT2D eigenvalue weighted by Crippen LogP contribution is 2.27. The van der Waals surface area contributed by atoms with Gasteiger partial charge in [0.1, 0.15) is 5.69 Å². The van der Waals surface area contributed by atoms with Crippen LogP contribution in [0, 0.1) is 0 Å². The molecule has 1 aromatic heterocycles. The molecule has 1 aliphatic rings. The quantitative estimate of drug-likeness (QED) is 0.769. The predicted molar refractivity (Wildman–Crippen MR) is 82.3 cm³/mol. The summed E-state index contributed by atoms with van der Waals surface area (Å²) in [6, 6.07) is 2.44. The third kappa shape index (κ3) is 5.36. The number of amides is 1. The zero-order valence-electron chi connectivity index (χ0n) is 13.7. The van der Waals surface area contributed by atoms with Gasteiger partial charge in [-0.3, -0.25) is 9.88 Å². The number of carbonyl (C=O) groups excluding carboxylic acids is 1. The Morgan fingerprint density at radius 2 is 1.96 bits per heavy atom. The fraction of sp³-hybridized carbons (Fsp3) is 0.625. The fourth-order valence-corrected chi connectivity index (χ4v) is 2.43. The molecule has 1 saturated heterocycles. The van der Waals surface area contributed by atoms with E-state index < -0.39 is 11.9 Å². The minimum atomic E-state index is -4.41. The van der Waals surface area contributed by atoms with Crippen LogP contribution in [0.1, 0.15) is 31.0 Å². The monoisotopic (exact) mass is 345 g/mol. The second-order valence-electron chi connectivity index (χ2n) is 5.78. The van der Waals surface area contributed by atoms with E-state index in [4.69, 9.17) is 4.74 Å².